The predicted octanol–water partition coefficient (Wildman–Crippen LogP) is 4.07. The minimum absolute atomic E-state index is 0.202. The standard InChI is InChI=1S/C23H23NO5/c1-4-24(19-13-7-10-16-9-5-6-11-17(16)19)21(25)15-29-23(26)18-12-8-14-20(27-2)22(18)28-3/h5-14H,4,15H2,1-3H3. The molecular formula is C23H23NO5. The van der Waals surface area contributed by atoms with Crippen LogP contribution in [0.5, 0.6) is 11.5 Å². The summed E-state index contributed by atoms with van der Waals surface area (Å²) in [5.74, 6) is -0.268. The number of methoxy groups -OCH3 is 2. The minimum atomic E-state index is -0.650. The Balaban J connectivity index is 1.78. The molecule has 0 N–H and O–H groups in total. The lowest BCUT2D eigenvalue weighted by molar-refractivity contribution is -0.121. The minimum Gasteiger partial charge on any atom is -0.493 e. The van der Waals surface area contributed by atoms with Gasteiger partial charge in [0.05, 0.1) is 19.9 Å². The van der Waals surface area contributed by atoms with E-state index in [-0.39, 0.29) is 23.8 Å². The number of likely N-dealkylation sites (N-methyl/N-ethyl adjacent to an activating group) is 1. The van der Waals surface area contributed by atoms with Crippen LogP contribution in [0.25, 0.3) is 10.8 Å². The molecule has 29 heavy (non-hydrogen) atoms. The topological polar surface area (TPSA) is 65.1 Å². The number of ether oxygens (including phenoxy) is 3. The first-order valence-corrected chi connectivity index (χ1v) is 9.27. The lowest BCUT2D eigenvalue weighted by Gasteiger charge is -2.22. The van der Waals surface area contributed by atoms with Crippen LogP contribution in [-0.2, 0) is 9.53 Å². The quantitative estimate of drug-likeness (QED) is 0.566. The van der Waals surface area contributed by atoms with Crippen LogP contribution in [0.3, 0.4) is 0 Å². The molecule has 0 aliphatic heterocycles. The molecule has 6 nitrogen and oxygen atoms in total. The van der Waals surface area contributed by atoms with Gasteiger partial charge in [0, 0.05) is 11.9 Å². The fraction of sp³-hybridized carbons (Fsp3) is 0.217. The number of esters is 1. The van der Waals surface area contributed by atoms with Gasteiger partial charge in [0.15, 0.2) is 18.1 Å². The molecule has 0 aliphatic carbocycles. The Kier molecular flexibility index (Phi) is 6.34. The zero-order chi connectivity index (χ0) is 20.8. The Morgan fingerprint density at radius 1 is 0.897 bits per heavy atom. The van der Waals surface area contributed by atoms with Crippen LogP contribution in [0.15, 0.2) is 60.7 Å². The predicted molar refractivity (Wildman–Crippen MR) is 112 cm³/mol. The van der Waals surface area contributed by atoms with Crippen LogP contribution < -0.4 is 14.4 Å². The van der Waals surface area contributed by atoms with Crippen molar-refractivity contribution in [1.82, 2.24) is 0 Å². The summed E-state index contributed by atoms with van der Waals surface area (Å²) in [5.41, 5.74) is 0.985. The summed E-state index contributed by atoms with van der Waals surface area (Å²) in [4.78, 5) is 27.0. The second-order valence-electron chi connectivity index (χ2n) is 6.25. The van der Waals surface area contributed by atoms with E-state index in [0.717, 1.165) is 16.5 Å². The summed E-state index contributed by atoms with van der Waals surface area (Å²) in [7, 11) is 2.93. The number of nitrogens with zero attached hydrogens (tertiary/aromatic N) is 1. The van der Waals surface area contributed by atoms with E-state index in [0.29, 0.717) is 12.3 Å². The van der Waals surface area contributed by atoms with Crippen molar-refractivity contribution >= 4 is 28.3 Å². The van der Waals surface area contributed by atoms with E-state index in [1.807, 2.05) is 49.4 Å². The largest absolute Gasteiger partial charge is 0.493 e. The van der Waals surface area contributed by atoms with Gasteiger partial charge >= 0.3 is 5.97 Å². The van der Waals surface area contributed by atoms with Gasteiger partial charge < -0.3 is 19.1 Å². The van der Waals surface area contributed by atoms with Crippen LogP contribution in [0.1, 0.15) is 17.3 Å². The zero-order valence-electron chi connectivity index (χ0n) is 16.7. The third kappa shape index (κ3) is 4.16. The SMILES string of the molecule is CCN(C(=O)COC(=O)c1cccc(OC)c1OC)c1cccc2ccccc12. The van der Waals surface area contributed by atoms with Crippen molar-refractivity contribution < 1.29 is 23.8 Å². The summed E-state index contributed by atoms with van der Waals surface area (Å²) in [6, 6.07) is 18.5. The summed E-state index contributed by atoms with van der Waals surface area (Å²) in [6.45, 7) is 1.95. The van der Waals surface area contributed by atoms with E-state index < -0.39 is 5.97 Å². The molecule has 0 aliphatic rings. The van der Waals surface area contributed by atoms with E-state index in [9.17, 15) is 9.59 Å². The Hall–Kier alpha value is -3.54. The zero-order valence-corrected chi connectivity index (χ0v) is 16.7. The number of hydrogen-bond acceptors (Lipinski definition) is 5. The lowest BCUT2D eigenvalue weighted by atomic mass is 10.1. The average molecular weight is 393 g/mol. The van der Waals surface area contributed by atoms with E-state index in [1.54, 1.807) is 23.1 Å². The van der Waals surface area contributed by atoms with E-state index >= 15 is 0 Å². The molecule has 0 radical (unpaired) electrons. The molecule has 0 bridgehead atoms. The summed E-state index contributed by atoms with van der Waals surface area (Å²) >= 11 is 0. The number of rotatable bonds is 7. The van der Waals surface area contributed by atoms with Gasteiger partial charge in [-0.15, -0.1) is 0 Å². The van der Waals surface area contributed by atoms with Crippen molar-refractivity contribution in [2.45, 2.75) is 6.92 Å². The molecule has 0 atom stereocenters. The highest BCUT2D eigenvalue weighted by Gasteiger charge is 2.21. The number of benzene rings is 3. The van der Waals surface area contributed by atoms with Crippen molar-refractivity contribution in [2.75, 3.05) is 32.3 Å². The van der Waals surface area contributed by atoms with Crippen LogP contribution in [-0.4, -0.2) is 39.2 Å². The average Bonchev–Trinajstić information content (AvgIpc) is 2.77. The molecule has 0 fully saturated rings. The molecule has 0 spiro atoms. The fourth-order valence-corrected chi connectivity index (χ4v) is 3.26. The molecule has 0 unspecified atom stereocenters. The number of fused-ring (bicyclic) bond motifs is 1. The molecule has 3 aromatic carbocycles. The van der Waals surface area contributed by atoms with E-state index in [1.165, 1.54) is 14.2 Å². The van der Waals surface area contributed by atoms with E-state index in [2.05, 4.69) is 0 Å². The molecule has 3 aromatic rings. The number of amides is 1. The van der Waals surface area contributed by atoms with Gasteiger partial charge in [0.2, 0.25) is 0 Å². The van der Waals surface area contributed by atoms with Crippen LogP contribution in [0.4, 0.5) is 5.69 Å². The van der Waals surface area contributed by atoms with Crippen LogP contribution in [0, 0.1) is 0 Å². The van der Waals surface area contributed by atoms with Crippen LogP contribution >= 0.6 is 0 Å². The highest BCUT2D eigenvalue weighted by Crippen LogP contribution is 2.31. The van der Waals surface area contributed by atoms with Crippen molar-refractivity contribution in [1.29, 1.82) is 0 Å². The van der Waals surface area contributed by atoms with Gasteiger partial charge in [-0.3, -0.25) is 4.79 Å². The van der Waals surface area contributed by atoms with Gasteiger partial charge in [-0.25, -0.2) is 4.79 Å². The van der Waals surface area contributed by atoms with Crippen LogP contribution in [0.2, 0.25) is 0 Å². The molecular weight excluding hydrogens is 370 g/mol. The Morgan fingerprint density at radius 3 is 2.34 bits per heavy atom. The van der Waals surface area contributed by atoms with Gasteiger partial charge in [-0.1, -0.05) is 42.5 Å². The smallest absolute Gasteiger partial charge is 0.342 e. The maximum Gasteiger partial charge on any atom is 0.342 e. The monoisotopic (exact) mass is 393 g/mol. The molecule has 0 heterocycles. The fourth-order valence-electron chi connectivity index (χ4n) is 3.26. The maximum atomic E-state index is 12.8. The van der Waals surface area contributed by atoms with E-state index in [4.69, 9.17) is 14.2 Å². The van der Waals surface area contributed by atoms with Crippen molar-refractivity contribution in [3.63, 3.8) is 0 Å². The molecule has 0 saturated carbocycles. The summed E-state index contributed by atoms with van der Waals surface area (Å²) in [6.07, 6.45) is 0. The molecule has 0 aromatic heterocycles. The first-order chi connectivity index (χ1) is 14.1. The molecule has 1 amide bonds. The van der Waals surface area contributed by atoms with Crippen molar-refractivity contribution in [3.05, 3.63) is 66.2 Å². The number of carbonyl (C=O) groups is 2. The van der Waals surface area contributed by atoms with Gasteiger partial charge in [0.1, 0.15) is 5.56 Å². The second-order valence-corrected chi connectivity index (χ2v) is 6.25. The Labute approximate surface area is 169 Å². The van der Waals surface area contributed by atoms with Gasteiger partial charge in [-0.2, -0.15) is 0 Å². The summed E-state index contributed by atoms with van der Waals surface area (Å²) < 4.78 is 15.7. The molecule has 3 rings (SSSR count). The Bertz CT molecular complexity index is 1030. The molecule has 0 saturated heterocycles. The number of para-hydroxylation sites is 1. The third-order valence-corrected chi connectivity index (χ3v) is 4.62. The van der Waals surface area contributed by atoms with Crippen molar-refractivity contribution in [3.8, 4) is 11.5 Å². The number of carbonyl (C=O) groups excluding carboxylic acids is 2. The molecule has 6 heteroatoms. The highest BCUT2D eigenvalue weighted by atomic mass is 16.5. The van der Waals surface area contributed by atoms with Gasteiger partial charge in [0.25, 0.3) is 5.91 Å². The maximum absolute atomic E-state index is 12.8. The second kappa shape index (κ2) is 9.10. The third-order valence-electron chi connectivity index (χ3n) is 4.62. The van der Waals surface area contributed by atoms with Gasteiger partial charge in [-0.05, 0) is 30.5 Å². The number of hydrogen-bond donors (Lipinski definition) is 0. The number of anilines is 1. The molecule has 150 valence electrons. The summed E-state index contributed by atoms with van der Waals surface area (Å²) in [5, 5.41) is 2.00. The first kappa shape index (κ1) is 20.2. The first-order valence-electron chi connectivity index (χ1n) is 9.27. The normalized spacial score (nSPS) is 10.4. The highest BCUT2D eigenvalue weighted by molar-refractivity contribution is 6.05. The Morgan fingerprint density at radius 2 is 1.62 bits per heavy atom. The van der Waals surface area contributed by atoms with Crippen molar-refractivity contribution in [2.24, 2.45) is 0 Å². The lowest BCUT2D eigenvalue weighted by Crippen LogP contribution is -2.34.